The van der Waals surface area contributed by atoms with Gasteiger partial charge < -0.3 is 92.2 Å². The van der Waals surface area contributed by atoms with Crippen LogP contribution in [0, 0.1) is 99.1 Å². The van der Waals surface area contributed by atoms with Gasteiger partial charge in [-0.1, -0.05) is 0 Å². The van der Waals surface area contributed by atoms with E-state index < -0.39 is 180 Å². The van der Waals surface area contributed by atoms with E-state index in [9.17, 15) is 141 Å². The van der Waals surface area contributed by atoms with Gasteiger partial charge in [0.15, 0.2) is 39.6 Å². The van der Waals surface area contributed by atoms with Crippen molar-refractivity contribution in [3.8, 4) is 0 Å². The van der Waals surface area contributed by atoms with Gasteiger partial charge in [-0.15, -0.1) is 0 Å². The molecular formula is C95H130F12O31. The molecule has 0 spiro atoms. The topological polar surface area (TPSA) is 446 Å². The van der Waals surface area contributed by atoms with Gasteiger partial charge in [0, 0.05) is 71.8 Å². The summed E-state index contributed by atoms with van der Waals surface area (Å²) in [6, 6.07) is 0. The van der Waals surface area contributed by atoms with E-state index in [0.29, 0.717) is 159 Å². The second-order valence-electron chi connectivity index (χ2n) is 45.5. The van der Waals surface area contributed by atoms with Crippen LogP contribution in [-0.4, -0.2) is 262 Å². The predicted molar refractivity (Wildman–Crippen MR) is 445 cm³/mol. The Kier molecular flexibility index (Phi) is 31.4. The van der Waals surface area contributed by atoms with Crippen molar-refractivity contribution in [2.45, 2.75) is 347 Å². The lowest BCUT2D eigenvalue weighted by Gasteiger charge is -2.61. The Labute approximate surface area is 789 Å². The van der Waals surface area contributed by atoms with Crippen LogP contribution in [0.15, 0.2) is 0 Å². The van der Waals surface area contributed by atoms with Crippen LogP contribution in [0.2, 0.25) is 0 Å². The number of aliphatic hydroxyl groups excluding tert-OH is 2. The molecule has 0 amide bonds. The fourth-order valence-electron chi connectivity index (χ4n) is 29.5. The van der Waals surface area contributed by atoms with Crippen LogP contribution in [0.4, 0.5) is 52.7 Å². The first-order valence-corrected chi connectivity index (χ1v) is 48.0. The Morgan fingerprint density at radius 3 is 0.913 bits per heavy atom. The summed E-state index contributed by atoms with van der Waals surface area (Å²) < 4.78 is 215. The maximum absolute atomic E-state index is 12.7. The van der Waals surface area contributed by atoms with Gasteiger partial charge in [0.05, 0.1) is 53.9 Å². The van der Waals surface area contributed by atoms with Crippen molar-refractivity contribution in [3.05, 3.63) is 0 Å². The van der Waals surface area contributed by atoms with Gasteiger partial charge in [-0.2, -0.15) is 52.7 Å². The van der Waals surface area contributed by atoms with Crippen molar-refractivity contribution in [2.75, 3.05) is 72.7 Å². The third-order valence-corrected chi connectivity index (χ3v) is 31.9. The third-order valence-electron chi connectivity index (χ3n) is 31.9. The summed E-state index contributed by atoms with van der Waals surface area (Å²) in [5.74, 6) is -32.0. The molecule has 780 valence electrons. The minimum atomic E-state index is -3.64. The molecule has 43 heteroatoms. The van der Waals surface area contributed by atoms with Crippen molar-refractivity contribution < 1.29 is 202 Å². The van der Waals surface area contributed by atoms with Crippen molar-refractivity contribution >= 4 is 71.6 Å². The number of esters is 12. The molecule has 0 heterocycles. The monoisotopic (exact) mass is 1990 g/mol. The Morgan fingerprint density at radius 1 is 0.275 bits per heavy atom. The molecule has 31 nitrogen and oxygen atoms in total. The average Bonchev–Trinajstić information content (AvgIpc) is 0.734. The fraction of sp³-hybridized carbons (Fsp3) is 0.874. The Morgan fingerprint density at radius 2 is 0.558 bits per heavy atom. The van der Waals surface area contributed by atoms with Gasteiger partial charge >= 0.3 is 107 Å². The number of aliphatic hydroxyl groups is 6. The zero-order valence-corrected chi connectivity index (χ0v) is 78.5. The molecule has 6 N–H and O–H groups in total. The molecule has 138 heavy (non-hydrogen) atoms. The molecule has 24 saturated carbocycles. The Hall–Kier alpha value is -7.48. The van der Waals surface area contributed by atoms with Gasteiger partial charge in [0.25, 0.3) is 0 Å². The van der Waals surface area contributed by atoms with E-state index in [2.05, 4.69) is 28.4 Å². The highest BCUT2D eigenvalue weighted by atomic mass is 19.3. The molecule has 0 saturated heterocycles. The van der Waals surface area contributed by atoms with E-state index >= 15 is 0 Å². The number of hydrogen-bond donors (Lipinski definition) is 6. The van der Waals surface area contributed by atoms with Crippen molar-refractivity contribution in [3.63, 3.8) is 0 Å². The summed E-state index contributed by atoms with van der Waals surface area (Å²) in [6.07, 6.45) is 28.0. The van der Waals surface area contributed by atoms with Gasteiger partial charge in [0.2, 0.25) is 0 Å². The molecule has 0 aromatic heterocycles. The zero-order chi connectivity index (χ0) is 101. The number of carbonyl (C=O) groups is 12. The summed E-state index contributed by atoms with van der Waals surface area (Å²) in [5, 5.41) is 62.1. The Balaban J connectivity index is 0.000000140. The summed E-state index contributed by atoms with van der Waals surface area (Å²) in [6.45, 7) is -1.75. The SMILES string of the molecule is CC(F)(F)C(=O)OCC(=O)OC12CC3CC(C1)C(O)C(C3)C2.CC(F)(F)C(=O)OCC(=O)OC12CC3CC(CC(O)(C3)C1)C2.CC(F)(F)C(=O)OCC(=O)OC1C2CC3CC1CC(O)(C3)C2.CC(F)(F)C(=O)OCC(=O)OCC12CC3CC(CC(CO)(C3)C1)C2.CC(F)(F)C(=O)OCC(=O)OCC12CC3CC(CC(O)(C3)C1)C2.CC(F)(F)C(=O)OCC(=O)OCCOC12CC3CC(CC(O)(C3)C1)C2. The molecule has 24 fully saturated rings. The molecular weight excluding hydrogens is 1860 g/mol. The fourth-order valence-corrected chi connectivity index (χ4v) is 29.5. The van der Waals surface area contributed by atoms with Gasteiger partial charge in [0.1, 0.15) is 23.9 Å². The van der Waals surface area contributed by atoms with E-state index in [1.165, 1.54) is 6.42 Å². The van der Waals surface area contributed by atoms with E-state index in [0.717, 1.165) is 154 Å². The number of hydrogen-bond acceptors (Lipinski definition) is 31. The molecule has 24 aliphatic rings. The number of alkyl halides is 12. The molecule has 0 aromatic carbocycles. The number of carbonyl (C=O) groups excluding carboxylic acids is 12. The average molecular weight is 2000 g/mol. The normalized spacial score (nSPS) is 38.4. The van der Waals surface area contributed by atoms with E-state index in [1.54, 1.807) is 0 Å². The largest absolute Gasteiger partial charge is 0.463 e. The molecule has 12 unspecified atom stereocenters. The number of rotatable bonds is 30. The van der Waals surface area contributed by atoms with Crippen LogP contribution >= 0.6 is 0 Å². The van der Waals surface area contributed by atoms with Crippen LogP contribution in [0.3, 0.4) is 0 Å². The third kappa shape index (κ3) is 27.1. The summed E-state index contributed by atoms with van der Waals surface area (Å²) in [7, 11) is 0. The van der Waals surface area contributed by atoms with Crippen LogP contribution in [0.5, 0.6) is 0 Å². The molecule has 0 aliphatic heterocycles. The highest BCUT2D eigenvalue weighted by Crippen LogP contribution is 2.67. The van der Waals surface area contributed by atoms with Crippen molar-refractivity contribution in [2.24, 2.45) is 99.1 Å². The highest BCUT2D eigenvalue weighted by Gasteiger charge is 2.65. The molecule has 24 aliphatic carbocycles. The second kappa shape index (κ2) is 40.3. The maximum atomic E-state index is 12.7. The summed E-state index contributed by atoms with van der Waals surface area (Å²) >= 11 is 0. The van der Waals surface area contributed by atoms with E-state index in [4.69, 9.17) is 33.2 Å². The first kappa shape index (κ1) is 108. The highest BCUT2D eigenvalue weighted by molar-refractivity contribution is 5.84. The minimum Gasteiger partial charge on any atom is -0.463 e. The van der Waals surface area contributed by atoms with Crippen molar-refractivity contribution in [1.82, 2.24) is 0 Å². The molecule has 0 aromatic rings. The van der Waals surface area contributed by atoms with Crippen LogP contribution in [0.25, 0.3) is 0 Å². The second-order valence-corrected chi connectivity index (χ2v) is 45.5. The Bertz CT molecular complexity index is 4380. The summed E-state index contributed by atoms with van der Waals surface area (Å²) in [4.78, 5) is 136. The van der Waals surface area contributed by atoms with Gasteiger partial charge in [-0.25, -0.2) is 57.5 Å². The minimum absolute atomic E-state index is 0.0472. The van der Waals surface area contributed by atoms with Crippen LogP contribution < -0.4 is 0 Å². The molecule has 24 rings (SSSR count). The quantitative estimate of drug-likeness (QED) is 0.0168. The van der Waals surface area contributed by atoms with Crippen molar-refractivity contribution in [1.29, 1.82) is 0 Å². The van der Waals surface area contributed by atoms with Crippen LogP contribution in [0.1, 0.15) is 260 Å². The zero-order valence-electron chi connectivity index (χ0n) is 78.5. The van der Waals surface area contributed by atoms with Gasteiger partial charge in [-0.3, -0.25) is 0 Å². The molecule has 12 atom stereocenters. The lowest BCUT2D eigenvalue weighted by molar-refractivity contribution is -0.223. The van der Waals surface area contributed by atoms with E-state index in [1.807, 2.05) is 0 Å². The lowest BCUT2D eigenvalue weighted by atomic mass is 9.44. The maximum Gasteiger partial charge on any atom is 0.377 e. The van der Waals surface area contributed by atoms with Gasteiger partial charge in [-0.05, 0) is 294 Å². The lowest BCUT2D eigenvalue weighted by Crippen LogP contribution is -2.60. The molecule has 24 bridgehead atoms. The van der Waals surface area contributed by atoms with E-state index in [-0.39, 0.29) is 90.8 Å². The number of ether oxygens (including phenoxy) is 13. The summed E-state index contributed by atoms with van der Waals surface area (Å²) in [5.41, 5.74) is -4.75. The standard InChI is InChI=1S/C17H24F2O6.C17H24F2O5.C16H22F2O5.3C15H20F2O5/c1-15(18,19)14(21)24-9-13(20)23-2-3-25-17-7-11-4-12(8-17)6-16(22,5-11)10-17;1-15(18,19)14(22)23-7-13(21)24-10-17-5-11-2-12(6-17)4-16(3-11,8-17)9-20;1-14(17,18)13(20)22-7-12(19)23-9-15-3-10-2-11(4-15)6-16(21,5-10)8-15;1-13(16,17)12(19)21-7-11(18)22-15-5-9-2-10(6-15)4-14(20,3-9)8-15;1-14(16,17)13(19)21-7-11(18)22-12-9-2-8-3-10(12)6-15(20,4-8)5-9;1-14(16,17)13(20)21-7-11(18)22-15-4-8-2-9(5-15)12(19)10(3-8)6-15/h11-12,22H,2-10H2,1H3;11-12,20H,2-10H2,1H3;10-11,21H,2-9H2,1H3;9-10,20H,2-8H2,1H3;8-10,12,20H,2-7H2,1H3;8-10,12,19H,2-7H2,1H3. The predicted octanol–water partition coefficient (Wildman–Crippen LogP) is 11.3. The number of halogens is 12. The molecule has 0 radical (unpaired) electrons. The first-order chi connectivity index (χ1) is 63.8. The smallest absolute Gasteiger partial charge is 0.377 e. The first-order valence-electron chi connectivity index (χ1n) is 48.0. The van der Waals surface area contributed by atoms with Crippen LogP contribution in [-0.2, 0) is 119 Å².